The highest BCUT2D eigenvalue weighted by atomic mass is 32.1. The van der Waals surface area contributed by atoms with E-state index in [0.717, 1.165) is 31.9 Å². The molecule has 0 aliphatic carbocycles. The maximum Gasteiger partial charge on any atom is 0.173 e. The van der Waals surface area contributed by atoms with Crippen LogP contribution in [0.25, 0.3) is 0 Å². The van der Waals surface area contributed by atoms with Gasteiger partial charge >= 0.3 is 0 Å². The third-order valence-corrected chi connectivity index (χ3v) is 4.24. The molecule has 2 aromatic carbocycles. The van der Waals surface area contributed by atoms with E-state index in [9.17, 15) is 9.50 Å². The van der Waals surface area contributed by atoms with E-state index in [-0.39, 0.29) is 11.6 Å². The summed E-state index contributed by atoms with van der Waals surface area (Å²) < 4.78 is 13.7. The number of phenols is 1. The Balaban J connectivity index is 1.58. The van der Waals surface area contributed by atoms with Crippen molar-refractivity contribution in [3.8, 4) is 5.75 Å². The molecule has 0 atom stereocenters. The Labute approximate surface area is 140 Å². The number of hydrogen-bond acceptors (Lipinski definition) is 3. The summed E-state index contributed by atoms with van der Waals surface area (Å²) >= 11 is 5.38. The highest BCUT2D eigenvalue weighted by Gasteiger charge is 2.19. The first kappa shape index (κ1) is 15.6. The summed E-state index contributed by atoms with van der Waals surface area (Å²) in [5, 5.41) is 13.1. The van der Waals surface area contributed by atoms with Crippen molar-refractivity contribution in [2.24, 2.45) is 0 Å². The van der Waals surface area contributed by atoms with Gasteiger partial charge < -0.3 is 20.2 Å². The van der Waals surface area contributed by atoms with Crippen LogP contribution in [0.15, 0.2) is 48.5 Å². The first-order chi connectivity index (χ1) is 11.1. The number of hydrogen-bond donors (Lipinski definition) is 2. The van der Waals surface area contributed by atoms with Crippen molar-refractivity contribution < 1.29 is 9.50 Å². The molecule has 1 aliphatic rings. The molecule has 1 heterocycles. The molecule has 2 N–H and O–H groups in total. The van der Waals surface area contributed by atoms with Crippen molar-refractivity contribution in [3.63, 3.8) is 0 Å². The second-order valence-electron chi connectivity index (χ2n) is 5.40. The van der Waals surface area contributed by atoms with Gasteiger partial charge in [0, 0.05) is 37.9 Å². The van der Waals surface area contributed by atoms with Crippen molar-refractivity contribution in [3.05, 3.63) is 54.3 Å². The minimum Gasteiger partial charge on any atom is -0.508 e. The lowest BCUT2D eigenvalue weighted by molar-refractivity contribution is 0.390. The van der Waals surface area contributed by atoms with E-state index in [4.69, 9.17) is 12.2 Å². The zero-order chi connectivity index (χ0) is 16.2. The molecule has 120 valence electrons. The van der Waals surface area contributed by atoms with Crippen LogP contribution in [-0.2, 0) is 0 Å². The van der Waals surface area contributed by atoms with E-state index in [0.29, 0.717) is 10.8 Å². The number of nitrogens with one attached hydrogen (secondary N) is 1. The van der Waals surface area contributed by atoms with E-state index < -0.39 is 0 Å². The largest absolute Gasteiger partial charge is 0.508 e. The molecule has 0 unspecified atom stereocenters. The third-order valence-electron chi connectivity index (χ3n) is 3.88. The Morgan fingerprint density at radius 3 is 2.48 bits per heavy atom. The predicted molar refractivity (Wildman–Crippen MR) is 94.5 cm³/mol. The van der Waals surface area contributed by atoms with Gasteiger partial charge in [0.1, 0.15) is 11.6 Å². The average Bonchev–Trinajstić information content (AvgIpc) is 2.57. The van der Waals surface area contributed by atoms with Gasteiger partial charge in [0.05, 0.1) is 5.69 Å². The molecule has 0 amide bonds. The quantitative estimate of drug-likeness (QED) is 0.828. The topological polar surface area (TPSA) is 38.7 Å². The highest BCUT2D eigenvalue weighted by molar-refractivity contribution is 7.80. The van der Waals surface area contributed by atoms with Gasteiger partial charge in [0.15, 0.2) is 5.11 Å². The number of benzene rings is 2. The van der Waals surface area contributed by atoms with Gasteiger partial charge in [0.2, 0.25) is 0 Å². The fourth-order valence-electron chi connectivity index (χ4n) is 2.61. The summed E-state index contributed by atoms with van der Waals surface area (Å²) in [6.45, 7) is 3.08. The molecule has 0 spiro atoms. The first-order valence-electron chi connectivity index (χ1n) is 7.48. The molecule has 1 aliphatic heterocycles. The van der Waals surface area contributed by atoms with Crippen molar-refractivity contribution in [2.75, 3.05) is 36.4 Å². The molecule has 3 rings (SSSR count). The normalized spacial score (nSPS) is 14.7. The van der Waals surface area contributed by atoms with Gasteiger partial charge in [-0.3, -0.25) is 0 Å². The molecule has 1 saturated heterocycles. The second-order valence-corrected chi connectivity index (χ2v) is 5.79. The van der Waals surface area contributed by atoms with Crippen LogP contribution in [0.5, 0.6) is 5.75 Å². The summed E-state index contributed by atoms with van der Waals surface area (Å²) in [5.41, 5.74) is 1.39. The monoisotopic (exact) mass is 331 g/mol. The number of nitrogens with zero attached hydrogens (tertiary/aromatic N) is 2. The lowest BCUT2D eigenvalue weighted by atomic mass is 10.2. The van der Waals surface area contributed by atoms with Gasteiger partial charge in [-0.15, -0.1) is 0 Å². The number of para-hydroxylation sites is 1. The summed E-state index contributed by atoms with van der Waals surface area (Å²) in [6, 6.07) is 13.7. The lowest BCUT2D eigenvalue weighted by Gasteiger charge is -2.37. The predicted octanol–water partition coefficient (Wildman–Crippen LogP) is 3.05. The van der Waals surface area contributed by atoms with E-state index >= 15 is 0 Å². The van der Waals surface area contributed by atoms with E-state index in [1.165, 1.54) is 6.07 Å². The molecule has 2 aromatic rings. The minimum absolute atomic E-state index is 0.265. The van der Waals surface area contributed by atoms with Crippen LogP contribution in [0, 0.1) is 5.82 Å². The Morgan fingerprint density at radius 1 is 1.04 bits per heavy atom. The molecule has 1 fully saturated rings. The van der Waals surface area contributed by atoms with E-state index in [1.54, 1.807) is 30.3 Å². The Morgan fingerprint density at radius 2 is 1.78 bits per heavy atom. The summed E-state index contributed by atoms with van der Waals surface area (Å²) in [5.74, 6) is -0.0464. The van der Waals surface area contributed by atoms with Crippen LogP contribution >= 0.6 is 12.2 Å². The molecular weight excluding hydrogens is 313 g/mol. The van der Waals surface area contributed by atoms with Crippen LogP contribution in [-0.4, -0.2) is 41.3 Å². The fraction of sp³-hybridized carbons (Fsp3) is 0.235. The summed E-state index contributed by atoms with van der Waals surface area (Å²) in [4.78, 5) is 4.23. The van der Waals surface area contributed by atoms with Crippen LogP contribution in [0.1, 0.15) is 0 Å². The zero-order valence-corrected chi connectivity index (χ0v) is 13.4. The Hall–Kier alpha value is -2.34. The van der Waals surface area contributed by atoms with Gasteiger partial charge in [-0.25, -0.2) is 4.39 Å². The maximum atomic E-state index is 13.7. The van der Waals surface area contributed by atoms with Gasteiger partial charge in [-0.1, -0.05) is 18.2 Å². The molecule has 0 aromatic heterocycles. The molecule has 0 saturated carbocycles. The zero-order valence-electron chi connectivity index (χ0n) is 12.6. The SMILES string of the molecule is Oc1cccc(N2CCN(C(=S)Nc3ccccc3F)CC2)c1. The number of phenolic OH excluding ortho intramolecular Hbond substituents is 1. The average molecular weight is 331 g/mol. The maximum absolute atomic E-state index is 13.7. The minimum atomic E-state index is -0.312. The molecule has 6 heteroatoms. The molecule has 0 bridgehead atoms. The smallest absolute Gasteiger partial charge is 0.173 e. The van der Waals surface area contributed by atoms with Crippen LogP contribution < -0.4 is 10.2 Å². The van der Waals surface area contributed by atoms with Gasteiger partial charge in [-0.05, 0) is 36.5 Å². The van der Waals surface area contributed by atoms with Crippen molar-refractivity contribution in [1.82, 2.24) is 4.90 Å². The van der Waals surface area contributed by atoms with Crippen molar-refractivity contribution in [1.29, 1.82) is 0 Å². The summed E-state index contributed by atoms with van der Waals surface area (Å²) in [7, 11) is 0. The fourth-order valence-corrected chi connectivity index (χ4v) is 2.91. The Bertz CT molecular complexity index is 702. The molecule has 23 heavy (non-hydrogen) atoms. The Kier molecular flexibility index (Phi) is 4.62. The highest BCUT2D eigenvalue weighted by Crippen LogP contribution is 2.21. The number of anilines is 2. The van der Waals surface area contributed by atoms with Crippen molar-refractivity contribution in [2.45, 2.75) is 0 Å². The standard InChI is InChI=1S/C17H18FN3OS/c18-15-6-1-2-7-16(15)19-17(23)21-10-8-20(9-11-21)13-4-3-5-14(22)12-13/h1-7,12,22H,8-11H2,(H,19,23). The second kappa shape index (κ2) is 6.83. The molecule has 4 nitrogen and oxygen atoms in total. The van der Waals surface area contributed by atoms with Crippen molar-refractivity contribution >= 4 is 28.7 Å². The number of aromatic hydroxyl groups is 1. The molecule has 0 radical (unpaired) electrons. The van der Waals surface area contributed by atoms with E-state index in [2.05, 4.69) is 10.2 Å². The van der Waals surface area contributed by atoms with Crippen LogP contribution in [0.2, 0.25) is 0 Å². The van der Waals surface area contributed by atoms with E-state index in [1.807, 2.05) is 17.0 Å². The molecular formula is C17H18FN3OS. The number of halogens is 1. The first-order valence-corrected chi connectivity index (χ1v) is 7.89. The van der Waals surface area contributed by atoms with Gasteiger partial charge in [0.25, 0.3) is 0 Å². The lowest BCUT2D eigenvalue weighted by Crippen LogP contribution is -2.50. The number of thiocarbonyl (C=S) groups is 1. The number of piperazine rings is 1. The van der Waals surface area contributed by atoms with Gasteiger partial charge in [-0.2, -0.15) is 0 Å². The number of rotatable bonds is 2. The summed E-state index contributed by atoms with van der Waals surface area (Å²) in [6.07, 6.45) is 0. The van der Waals surface area contributed by atoms with Crippen LogP contribution in [0.4, 0.5) is 15.8 Å². The third kappa shape index (κ3) is 3.71. The van der Waals surface area contributed by atoms with Crippen LogP contribution in [0.3, 0.4) is 0 Å².